The van der Waals surface area contributed by atoms with Crippen molar-refractivity contribution in [2.75, 3.05) is 6.54 Å². The molecule has 1 aromatic heterocycles. The van der Waals surface area contributed by atoms with Crippen LogP contribution >= 0.6 is 0 Å². The second-order valence-electron chi connectivity index (χ2n) is 4.45. The fourth-order valence-corrected chi connectivity index (χ4v) is 1.73. The zero-order valence-electron chi connectivity index (χ0n) is 10.3. The molecule has 1 aromatic rings. The molecule has 0 aliphatic carbocycles. The predicted octanol–water partition coefficient (Wildman–Crippen LogP) is 2.39. The van der Waals surface area contributed by atoms with Crippen molar-refractivity contribution in [2.24, 2.45) is 0 Å². The van der Waals surface area contributed by atoms with Crippen molar-refractivity contribution in [2.45, 2.75) is 52.6 Å². The van der Waals surface area contributed by atoms with Crippen LogP contribution in [0.2, 0.25) is 0 Å². The lowest BCUT2D eigenvalue weighted by Crippen LogP contribution is -2.31. The zero-order chi connectivity index (χ0) is 11.3. The first-order valence-corrected chi connectivity index (χ1v) is 5.89. The van der Waals surface area contributed by atoms with Crippen molar-refractivity contribution in [3.8, 4) is 0 Å². The molecule has 0 saturated heterocycles. The number of nitrogens with one attached hydrogen (secondary N) is 1. The molecule has 15 heavy (non-hydrogen) atoms. The third-order valence-corrected chi connectivity index (χ3v) is 2.48. The van der Waals surface area contributed by atoms with Crippen molar-refractivity contribution in [3.63, 3.8) is 0 Å². The molecule has 0 amide bonds. The molecular formula is C12H23N3. The normalized spacial score (nSPS) is 13.4. The minimum atomic E-state index is 0.498. The molecule has 0 radical (unpaired) electrons. The SMILES string of the molecule is CCCNC(C)Cn1ccnc1C(C)C. The minimum absolute atomic E-state index is 0.498. The lowest BCUT2D eigenvalue weighted by Gasteiger charge is -2.16. The van der Waals surface area contributed by atoms with Crippen molar-refractivity contribution in [1.29, 1.82) is 0 Å². The highest BCUT2D eigenvalue weighted by molar-refractivity contribution is 4.98. The Bertz CT molecular complexity index is 278. The van der Waals surface area contributed by atoms with Crippen LogP contribution in [0.15, 0.2) is 12.4 Å². The van der Waals surface area contributed by atoms with Gasteiger partial charge in [0.15, 0.2) is 0 Å². The van der Waals surface area contributed by atoms with Crippen molar-refractivity contribution in [3.05, 3.63) is 18.2 Å². The van der Waals surface area contributed by atoms with Gasteiger partial charge in [0.05, 0.1) is 0 Å². The van der Waals surface area contributed by atoms with Gasteiger partial charge in [-0.05, 0) is 19.9 Å². The molecule has 3 nitrogen and oxygen atoms in total. The third kappa shape index (κ3) is 3.67. The Balaban J connectivity index is 2.52. The standard InChI is InChI=1S/C12H23N3/c1-5-6-13-11(4)9-15-8-7-14-12(15)10(2)3/h7-8,10-11,13H,5-6,9H2,1-4H3. The van der Waals surface area contributed by atoms with E-state index in [4.69, 9.17) is 0 Å². The van der Waals surface area contributed by atoms with Crippen molar-refractivity contribution < 1.29 is 0 Å². The maximum absolute atomic E-state index is 4.38. The second kappa shape index (κ2) is 5.91. The van der Waals surface area contributed by atoms with Gasteiger partial charge in [0.25, 0.3) is 0 Å². The molecule has 1 unspecified atom stereocenters. The molecule has 86 valence electrons. The molecule has 1 N–H and O–H groups in total. The summed E-state index contributed by atoms with van der Waals surface area (Å²) < 4.78 is 2.25. The first kappa shape index (κ1) is 12.2. The summed E-state index contributed by atoms with van der Waals surface area (Å²) in [6, 6.07) is 0.511. The van der Waals surface area contributed by atoms with Crippen LogP contribution in [0.3, 0.4) is 0 Å². The topological polar surface area (TPSA) is 29.9 Å². The molecule has 1 rings (SSSR count). The second-order valence-corrected chi connectivity index (χ2v) is 4.45. The number of nitrogens with zero attached hydrogens (tertiary/aromatic N) is 2. The van der Waals surface area contributed by atoms with Gasteiger partial charge < -0.3 is 9.88 Å². The summed E-state index contributed by atoms with van der Waals surface area (Å²) >= 11 is 0. The average molecular weight is 209 g/mol. The van der Waals surface area contributed by atoms with Gasteiger partial charge in [-0.2, -0.15) is 0 Å². The number of hydrogen-bond acceptors (Lipinski definition) is 2. The van der Waals surface area contributed by atoms with E-state index in [-0.39, 0.29) is 0 Å². The van der Waals surface area contributed by atoms with E-state index in [0.29, 0.717) is 12.0 Å². The highest BCUT2D eigenvalue weighted by atomic mass is 15.1. The predicted molar refractivity (Wildman–Crippen MR) is 64.1 cm³/mol. The van der Waals surface area contributed by atoms with E-state index < -0.39 is 0 Å². The summed E-state index contributed by atoms with van der Waals surface area (Å²) in [6.45, 7) is 10.9. The summed E-state index contributed by atoms with van der Waals surface area (Å²) in [6.07, 6.45) is 5.15. The van der Waals surface area contributed by atoms with E-state index in [0.717, 1.165) is 13.1 Å². The van der Waals surface area contributed by atoms with Crippen LogP contribution in [0.4, 0.5) is 0 Å². The molecule has 0 aliphatic heterocycles. The number of imidazole rings is 1. The van der Waals surface area contributed by atoms with Crippen LogP contribution in [-0.4, -0.2) is 22.1 Å². The van der Waals surface area contributed by atoms with Crippen molar-refractivity contribution >= 4 is 0 Å². The van der Waals surface area contributed by atoms with Gasteiger partial charge in [-0.3, -0.25) is 0 Å². The molecule has 3 heteroatoms. The molecule has 0 spiro atoms. The number of aromatic nitrogens is 2. The molecule has 0 aliphatic rings. The fourth-order valence-electron chi connectivity index (χ4n) is 1.73. The summed E-state index contributed by atoms with van der Waals surface area (Å²) in [7, 11) is 0. The van der Waals surface area contributed by atoms with Gasteiger partial charge in [0, 0.05) is 30.9 Å². The van der Waals surface area contributed by atoms with E-state index >= 15 is 0 Å². The van der Waals surface area contributed by atoms with E-state index in [1.165, 1.54) is 12.2 Å². The van der Waals surface area contributed by atoms with Crippen LogP contribution in [0.5, 0.6) is 0 Å². The van der Waals surface area contributed by atoms with Gasteiger partial charge in [0.1, 0.15) is 5.82 Å². The Morgan fingerprint density at radius 2 is 2.13 bits per heavy atom. The Labute approximate surface area is 92.9 Å². The van der Waals surface area contributed by atoms with Gasteiger partial charge in [-0.25, -0.2) is 4.98 Å². The summed E-state index contributed by atoms with van der Waals surface area (Å²) in [4.78, 5) is 4.38. The lowest BCUT2D eigenvalue weighted by molar-refractivity contribution is 0.463. The summed E-state index contributed by atoms with van der Waals surface area (Å²) in [5.74, 6) is 1.68. The first-order valence-electron chi connectivity index (χ1n) is 5.89. The summed E-state index contributed by atoms with van der Waals surface area (Å²) in [5.41, 5.74) is 0. The highest BCUT2D eigenvalue weighted by Crippen LogP contribution is 2.11. The largest absolute Gasteiger partial charge is 0.333 e. The van der Waals surface area contributed by atoms with Crippen LogP contribution < -0.4 is 5.32 Å². The number of hydrogen-bond donors (Lipinski definition) is 1. The molecule has 0 saturated carbocycles. The molecule has 0 fully saturated rings. The number of rotatable bonds is 6. The van der Waals surface area contributed by atoms with E-state index in [1.807, 2.05) is 6.20 Å². The molecule has 1 heterocycles. The Kier molecular flexibility index (Phi) is 4.82. The zero-order valence-corrected chi connectivity index (χ0v) is 10.3. The van der Waals surface area contributed by atoms with E-state index in [9.17, 15) is 0 Å². The Hall–Kier alpha value is -0.830. The minimum Gasteiger partial charge on any atom is -0.333 e. The van der Waals surface area contributed by atoms with Gasteiger partial charge >= 0.3 is 0 Å². The van der Waals surface area contributed by atoms with Crippen LogP contribution in [0.1, 0.15) is 45.9 Å². The Morgan fingerprint density at radius 3 is 2.73 bits per heavy atom. The maximum Gasteiger partial charge on any atom is 0.111 e. The smallest absolute Gasteiger partial charge is 0.111 e. The molecule has 0 bridgehead atoms. The van der Waals surface area contributed by atoms with Gasteiger partial charge in [0.2, 0.25) is 0 Å². The molecular weight excluding hydrogens is 186 g/mol. The maximum atomic E-state index is 4.38. The van der Waals surface area contributed by atoms with Crippen LogP contribution in [0, 0.1) is 0 Å². The van der Waals surface area contributed by atoms with E-state index in [2.05, 4.69) is 48.8 Å². The first-order chi connectivity index (χ1) is 7.15. The van der Waals surface area contributed by atoms with Crippen molar-refractivity contribution in [1.82, 2.24) is 14.9 Å². The fraction of sp³-hybridized carbons (Fsp3) is 0.750. The molecule has 0 aromatic carbocycles. The highest BCUT2D eigenvalue weighted by Gasteiger charge is 2.09. The van der Waals surface area contributed by atoms with Crippen LogP contribution in [-0.2, 0) is 6.54 Å². The molecule has 1 atom stereocenters. The Morgan fingerprint density at radius 1 is 1.40 bits per heavy atom. The van der Waals surface area contributed by atoms with Gasteiger partial charge in [-0.1, -0.05) is 20.8 Å². The van der Waals surface area contributed by atoms with Gasteiger partial charge in [-0.15, -0.1) is 0 Å². The van der Waals surface area contributed by atoms with Crippen LogP contribution in [0.25, 0.3) is 0 Å². The summed E-state index contributed by atoms with van der Waals surface area (Å²) in [5, 5.41) is 3.49. The average Bonchev–Trinajstić information content (AvgIpc) is 2.62. The van der Waals surface area contributed by atoms with E-state index in [1.54, 1.807) is 0 Å². The monoisotopic (exact) mass is 209 g/mol. The lowest BCUT2D eigenvalue weighted by atomic mass is 10.2. The third-order valence-electron chi connectivity index (χ3n) is 2.48. The quantitative estimate of drug-likeness (QED) is 0.779.